The first-order chi connectivity index (χ1) is 39.6. The molecule has 9 amide bonds. The number of carbonyl (C=O) groups excluding carboxylic acids is 8. The highest BCUT2D eigenvalue weighted by Gasteiger charge is 2.50. The number of nitrogens with zero attached hydrogens (tertiary/aromatic N) is 2. The molecule has 3 aromatic carbocycles. The van der Waals surface area contributed by atoms with Crippen LogP contribution >= 0.6 is 0 Å². The molecule has 6 rings (SSSR count). The topological polar surface area (TPSA) is 476 Å². The van der Waals surface area contributed by atoms with E-state index in [-0.39, 0.29) is 5.69 Å². The van der Waals surface area contributed by atoms with Crippen LogP contribution in [-0.2, 0) is 44.0 Å². The van der Waals surface area contributed by atoms with Crippen molar-refractivity contribution in [2.45, 2.75) is 151 Å². The minimum Gasteiger partial charge on any atom is -0.504 e. The van der Waals surface area contributed by atoms with Crippen molar-refractivity contribution in [3.63, 3.8) is 0 Å². The zero-order valence-electron chi connectivity index (χ0n) is 46.1. The van der Waals surface area contributed by atoms with Gasteiger partial charge in [0.15, 0.2) is 11.5 Å². The van der Waals surface area contributed by atoms with Gasteiger partial charge in [0.05, 0.1) is 43.5 Å². The van der Waals surface area contributed by atoms with Crippen LogP contribution < -0.4 is 46.6 Å². The normalized spacial score (nSPS) is 26.5. The number of unbranched alkanes of at least 4 members (excludes halogenated alkanes) is 4. The molecule has 84 heavy (non-hydrogen) atoms. The molecule has 0 saturated carbocycles. The van der Waals surface area contributed by atoms with Crippen LogP contribution in [0.15, 0.2) is 54.6 Å². The lowest BCUT2D eigenvalue weighted by Gasteiger charge is -2.34. The summed E-state index contributed by atoms with van der Waals surface area (Å²) in [6, 6.07) is -1.03. The molecule has 3 heterocycles. The second-order valence-electron chi connectivity index (χ2n) is 21.2. The maximum absolute atomic E-state index is 14.6. The highest BCUT2D eigenvalue weighted by molar-refractivity contribution is 7.81. The highest BCUT2D eigenvalue weighted by Crippen LogP contribution is 2.33. The molecule has 3 aromatic rings. The average molecular weight is 1200 g/mol. The minimum atomic E-state index is -5.33. The number of aliphatic hydroxyl groups is 7. The summed E-state index contributed by atoms with van der Waals surface area (Å²) in [5, 5.41) is 105. The molecule has 3 aliphatic heterocycles. The predicted octanol–water partition coefficient (Wildman–Crippen LogP) is -3.22. The van der Waals surface area contributed by atoms with Gasteiger partial charge in [-0.2, -0.15) is 8.42 Å². The van der Waals surface area contributed by atoms with Gasteiger partial charge in [-0.25, -0.2) is 4.79 Å². The third kappa shape index (κ3) is 17.1. The molecule has 31 heteroatoms. The molecule has 0 radical (unpaired) electrons. The van der Waals surface area contributed by atoms with Gasteiger partial charge in [0, 0.05) is 44.1 Å². The Labute approximate surface area is 482 Å². The fraction of sp³-hybridized carbons (Fsp3) is 0.547. The number of carbonyl (C=O) groups is 8. The molecule has 14 atom stereocenters. The van der Waals surface area contributed by atoms with Crippen molar-refractivity contribution in [3.8, 4) is 17.2 Å². The van der Waals surface area contributed by atoms with Gasteiger partial charge in [-0.3, -0.25) is 38.1 Å². The number of anilines is 1. The third-order valence-electron chi connectivity index (χ3n) is 14.5. The number of phenols is 1. The van der Waals surface area contributed by atoms with E-state index in [4.69, 9.17) is 10.5 Å². The van der Waals surface area contributed by atoms with Gasteiger partial charge >= 0.3 is 16.4 Å². The zero-order chi connectivity index (χ0) is 61.9. The maximum atomic E-state index is 14.6. The second kappa shape index (κ2) is 28.9. The molecular weight excluding hydrogens is 1130 g/mol. The number of hydrogen-bond donors (Lipinski definition) is 16. The van der Waals surface area contributed by atoms with E-state index in [1.165, 1.54) is 6.92 Å². The van der Waals surface area contributed by atoms with Crippen molar-refractivity contribution in [1.29, 1.82) is 0 Å². The fourth-order valence-electron chi connectivity index (χ4n) is 10.1. The van der Waals surface area contributed by atoms with E-state index >= 15 is 0 Å². The molecule has 462 valence electrons. The number of aromatic hydroxyl groups is 1. The van der Waals surface area contributed by atoms with E-state index < -0.39 is 199 Å². The van der Waals surface area contributed by atoms with Crippen LogP contribution in [0, 0.1) is 5.92 Å². The van der Waals surface area contributed by atoms with E-state index in [1.807, 2.05) is 6.07 Å². The summed E-state index contributed by atoms with van der Waals surface area (Å²) >= 11 is 0. The van der Waals surface area contributed by atoms with Crippen molar-refractivity contribution in [1.82, 2.24) is 36.4 Å². The fourth-order valence-corrected chi connectivity index (χ4v) is 10.5. The second-order valence-corrected chi connectivity index (χ2v) is 22.2. The number of hydrogen-bond acceptors (Lipinski definition) is 20. The number of primary amides is 1. The third-order valence-corrected chi connectivity index (χ3v) is 14.9. The lowest BCUT2D eigenvalue weighted by molar-refractivity contribution is -0.148. The van der Waals surface area contributed by atoms with Crippen LogP contribution in [0.3, 0.4) is 0 Å². The zero-order valence-corrected chi connectivity index (χ0v) is 46.9. The van der Waals surface area contributed by atoms with Crippen LogP contribution in [0.5, 0.6) is 17.2 Å². The Morgan fingerprint density at radius 2 is 1.43 bits per heavy atom. The van der Waals surface area contributed by atoms with Crippen LogP contribution in [0.25, 0.3) is 10.8 Å². The molecule has 3 saturated heterocycles. The number of urea groups is 1. The van der Waals surface area contributed by atoms with Crippen LogP contribution in [-0.4, -0.2) is 210 Å². The molecule has 0 bridgehead atoms. The summed E-state index contributed by atoms with van der Waals surface area (Å²) in [6.07, 6.45) is -11.3. The Balaban J connectivity index is 1.35. The number of ether oxygens (including phenoxy) is 1. The van der Waals surface area contributed by atoms with Crippen molar-refractivity contribution in [3.05, 3.63) is 60.2 Å². The molecular formula is C53H73N9O21S. The van der Waals surface area contributed by atoms with Crippen molar-refractivity contribution < 1.29 is 101 Å². The lowest BCUT2D eigenvalue weighted by atomic mass is 9.96. The number of phenolic OH excluding ortho intramolecular Hbond substituents is 1. The monoisotopic (exact) mass is 1200 g/mol. The molecule has 0 aliphatic carbocycles. The van der Waals surface area contributed by atoms with Crippen LogP contribution in [0.2, 0.25) is 0 Å². The van der Waals surface area contributed by atoms with E-state index in [2.05, 4.69) is 43.0 Å². The molecule has 3 aliphatic rings. The van der Waals surface area contributed by atoms with E-state index in [0.29, 0.717) is 33.6 Å². The first-order valence-electron chi connectivity index (χ1n) is 27.2. The van der Waals surface area contributed by atoms with Gasteiger partial charge < -0.3 is 97.2 Å². The van der Waals surface area contributed by atoms with Crippen LogP contribution in [0.4, 0.5) is 10.5 Å². The number of amides is 9. The average Bonchev–Trinajstić information content (AvgIpc) is 3.25. The van der Waals surface area contributed by atoms with E-state index in [0.717, 1.165) is 56.5 Å². The van der Waals surface area contributed by atoms with Gasteiger partial charge in [-0.15, -0.1) is 0 Å². The highest BCUT2D eigenvalue weighted by atomic mass is 32.3. The summed E-state index contributed by atoms with van der Waals surface area (Å²) in [4.78, 5) is 114. The largest absolute Gasteiger partial charge is 0.504 e. The molecule has 0 aromatic heterocycles. The van der Waals surface area contributed by atoms with E-state index in [9.17, 15) is 92.2 Å². The minimum absolute atomic E-state index is 0.239. The van der Waals surface area contributed by atoms with Gasteiger partial charge in [-0.05, 0) is 66.1 Å². The lowest BCUT2D eigenvalue weighted by Crippen LogP contribution is -2.64. The van der Waals surface area contributed by atoms with Gasteiger partial charge in [-0.1, -0.05) is 57.7 Å². The quantitative estimate of drug-likeness (QED) is 0.0440. The molecule has 0 spiro atoms. The summed E-state index contributed by atoms with van der Waals surface area (Å²) in [5.74, 6) is -11.5. The predicted molar refractivity (Wildman–Crippen MR) is 293 cm³/mol. The number of β-amino-alcohol motifs (C(OH)–C–C–N with tert-alkyl or cyclic N) is 1. The van der Waals surface area contributed by atoms with Crippen molar-refractivity contribution in [2.75, 3.05) is 31.6 Å². The molecule has 30 nitrogen and oxygen atoms in total. The molecule has 5 unspecified atom stereocenters. The number of nitrogens with one attached hydrogen (secondary N) is 6. The Kier molecular flexibility index (Phi) is 22.6. The van der Waals surface area contributed by atoms with Crippen molar-refractivity contribution >= 4 is 74.2 Å². The summed E-state index contributed by atoms with van der Waals surface area (Å²) in [6.45, 7) is 3.24. The standard InChI is InChI=1S/C53H73N9O21S/c1-4-5-6-7-8-15-82-33-13-10-27-16-30(12-9-28(27)17-33)56-53(78)57-34-19-31(64)22-55-50(75)43-44(69)25(2)23-62(43)52(77)41(37(67)21-39(54)68)59-49(74)42(46(71)45(70)29-11-14-36(66)38(18-29)83-84(79,80)81)60-48(73)35-20-32(65)24-61(35)51(76)40(26(3)63)58-47(34)72/h9-14,16-18,25-26,31-32,34-35,37,40-46,63-67,69-71H,4-8,15,19-24H2,1-3H3,(H2,54,68)(H,55,75)(H,58,72)(H,59,74)(H,60,73)(H2,56,57,78)(H,79,80,81)/t25-,26+,31+,32+,34-,35?,37+,40?,41?,42?,43?,44-,45-,46-/m0/s1. The Hall–Kier alpha value is -7.49. The maximum Gasteiger partial charge on any atom is 0.446 e. The number of fused-ring (bicyclic) bond motifs is 3. The number of benzene rings is 3. The molecule has 17 N–H and O–H groups in total. The molecule has 3 fully saturated rings. The van der Waals surface area contributed by atoms with Gasteiger partial charge in [0.25, 0.3) is 0 Å². The first kappa shape index (κ1) is 65.7. The summed E-state index contributed by atoms with van der Waals surface area (Å²) in [5.41, 5.74) is 5.02. The number of nitrogens with two attached hydrogens (primary N) is 1. The SMILES string of the molecule is CCCCCCCOc1ccc2cc(NC(=O)N[C@H]3C[C@@H](O)CNC(=O)C4[C@@H](O)[C@@H](C)CN4C(=O)C([C@H](O)CC(N)=O)NC(=O)C([C@H](O)[C@@H](O)c4ccc(O)c(OS(=O)(=O)O)c4)NC(=O)C4C[C@@H](O)CN4C(=O)C([C@@H](C)O)NC3=O)ccc2c1. The number of aliphatic hydroxyl groups excluding tert-OH is 7. The van der Waals surface area contributed by atoms with Gasteiger partial charge in [0.2, 0.25) is 41.4 Å². The number of rotatable bonds is 18. The van der Waals surface area contributed by atoms with Crippen LogP contribution in [0.1, 0.15) is 83.8 Å². The summed E-state index contributed by atoms with van der Waals surface area (Å²) in [7, 11) is -5.33. The van der Waals surface area contributed by atoms with E-state index in [1.54, 1.807) is 30.3 Å². The Morgan fingerprint density at radius 3 is 2.11 bits per heavy atom. The Bertz CT molecular complexity index is 3010. The van der Waals surface area contributed by atoms with Crippen molar-refractivity contribution in [2.24, 2.45) is 11.7 Å². The first-order valence-corrected chi connectivity index (χ1v) is 28.5. The smallest absolute Gasteiger partial charge is 0.446 e. The summed E-state index contributed by atoms with van der Waals surface area (Å²) < 4.78 is 42.6. The van der Waals surface area contributed by atoms with Gasteiger partial charge in [0.1, 0.15) is 54.2 Å². The Morgan fingerprint density at radius 1 is 0.774 bits per heavy atom.